The molecule has 2 aromatic rings. The Morgan fingerprint density at radius 2 is 2.00 bits per heavy atom. The number of aromatic nitrogens is 2. The van der Waals surface area contributed by atoms with E-state index >= 15 is 0 Å². The van der Waals surface area contributed by atoms with Crippen molar-refractivity contribution in [2.45, 2.75) is 13.8 Å². The van der Waals surface area contributed by atoms with Crippen LogP contribution in [0.25, 0.3) is 11.3 Å². The van der Waals surface area contributed by atoms with Crippen molar-refractivity contribution in [1.82, 2.24) is 9.78 Å². The van der Waals surface area contributed by atoms with Crippen LogP contribution in [0.1, 0.15) is 11.1 Å². The normalized spacial score (nSPS) is 10.8. The largest absolute Gasteiger partial charge is 0.507 e. The molecular formula is C12H14ClN3O. The summed E-state index contributed by atoms with van der Waals surface area (Å²) in [5, 5.41) is 14.8. The second-order valence-electron chi connectivity index (χ2n) is 4.10. The number of halogens is 1. The molecule has 0 radical (unpaired) electrons. The fourth-order valence-electron chi connectivity index (χ4n) is 1.84. The van der Waals surface area contributed by atoms with Crippen molar-refractivity contribution < 1.29 is 5.11 Å². The first kappa shape index (κ1) is 11.8. The van der Waals surface area contributed by atoms with Gasteiger partial charge in [-0.25, -0.2) is 0 Å². The predicted molar refractivity (Wildman–Crippen MR) is 69.2 cm³/mol. The van der Waals surface area contributed by atoms with Crippen LogP contribution in [-0.4, -0.2) is 14.9 Å². The van der Waals surface area contributed by atoms with E-state index in [4.69, 9.17) is 17.3 Å². The predicted octanol–water partition coefficient (Wildman–Crippen LogP) is 2.65. The van der Waals surface area contributed by atoms with Crippen LogP contribution in [0, 0.1) is 13.8 Å². The molecule has 0 aliphatic carbocycles. The van der Waals surface area contributed by atoms with Gasteiger partial charge >= 0.3 is 0 Å². The Hall–Kier alpha value is -1.68. The van der Waals surface area contributed by atoms with Gasteiger partial charge in [0, 0.05) is 24.2 Å². The van der Waals surface area contributed by atoms with E-state index < -0.39 is 0 Å². The molecular weight excluding hydrogens is 238 g/mol. The lowest BCUT2D eigenvalue weighted by Gasteiger charge is -2.10. The fourth-order valence-corrected chi connectivity index (χ4v) is 2.24. The van der Waals surface area contributed by atoms with E-state index in [0.717, 1.165) is 11.1 Å². The number of nitrogen functional groups attached to an aromatic ring is 1. The maximum Gasteiger partial charge on any atom is 0.122 e. The topological polar surface area (TPSA) is 64.1 Å². The van der Waals surface area contributed by atoms with Crippen LogP contribution < -0.4 is 5.73 Å². The van der Waals surface area contributed by atoms with Gasteiger partial charge in [0.1, 0.15) is 11.6 Å². The molecule has 17 heavy (non-hydrogen) atoms. The summed E-state index contributed by atoms with van der Waals surface area (Å²) in [6.45, 7) is 3.62. The lowest BCUT2D eigenvalue weighted by Crippen LogP contribution is -1.97. The summed E-state index contributed by atoms with van der Waals surface area (Å²) in [5.41, 5.74) is 8.60. The van der Waals surface area contributed by atoms with Crippen LogP contribution in [0.3, 0.4) is 0 Å². The standard InChI is InChI=1S/C12H14ClN3O/c1-6-4-8(13)11(7(2)12(6)17)9-5-10(14)16(3)15-9/h4-5,17H,14H2,1-3H3. The molecule has 1 heterocycles. The number of phenols is 1. The van der Waals surface area contributed by atoms with E-state index in [2.05, 4.69) is 5.10 Å². The number of nitrogens with two attached hydrogens (primary N) is 1. The van der Waals surface area contributed by atoms with Crippen LogP contribution >= 0.6 is 11.6 Å². The second kappa shape index (κ2) is 3.96. The Morgan fingerprint density at radius 1 is 1.35 bits per heavy atom. The number of hydrogen-bond acceptors (Lipinski definition) is 3. The van der Waals surface area contributed by atoms with Crippen molar-refractivity contribution >= 4 is 17.4 Å². The Kier molecular flexibility index (Phi) is 2.75. The maximum atomic E-state index is 9.92. The third kappa shape index (κ3) is 1.85. The van der Waals surface area contributed by atoms with Crippen molar-refractivity contribution in [3.05, 3.63) is 28.3 Å². The average molecular weight is 252 g/mol. The summed E-state index contributed by atoms with van der Waals surface area (Å²) in [4.78, 5) is 0. The Balaban J connectivity index is 2.71. The monoisotopic (exact) mass is 251 g/mol. The van der Waals surface area contributed by atoms with Crippen LogP contribution in [-0.2, 0) is 7.05 Å². The van der Waals surface area contributed by atoms with Crippen LogP contribution in [0.15, 0.2) is 12.1 Å². The molecule has 0 saturated heterocycles. The molecule has 5 heteroatoms. The minimum atomic E-state index is 0.244. The molecule has 0 aliphatic rings. The number of hydrogen-bond donors (Lipinski definition) is 2. The summed E-state index contributed by atoms with van der Waals surface area (Å²) in [5.74, 6) is 0.796. The smallest absolute Gasteiger partial charge is 0.122 e. The van der Waals surface area contributed by atoms with Crippen molar-refractivity contribution in [2.75, 3.05) is 5.73 Å². The van der Waals surface area contributed by atoms with Crippen LogP contribution in [0.4, 0.5) is 5.82 Å². The summed E-state index contributed by atoms with van der Waals surface area (Å²) < 4.78 is 1.57. The van der Waals surface area contributed by atoms with Crippen molar-refractivity contribution in [1.29, 1.82) is 0 Å². The molecule has 3 N–H and O–H groups in total. The molecule has 90 valence electrons. The summed E-state index contributed by atoms with van der Waals surface area (Å²) in [6, 6.07) is 3.47. The fraction of sp³-hybridized carbons (Fsp3) is 0.250. The highest BCUT2D eigenvalue weighted by atomic mass is 35.5. The van der Waals surface area contributed by atoms with Crippen LogP contribution in [0.5, 0.6) is 5.75 Å². The van der Waals surface area contributed by atoms with Gasteiger partial charge in [-0.3, -0.25) is 4.68 Å². The second-order valence-corrected chi connectivity index (χ2v) is 4.51. The number of nitrogens with zero attached hydrogens (tertiary/aromatic N) is 2. The third-order valence-electron chi connectivity index (χ3n) is 2.86. The van der Waals surface area contributed by atoms with E-state index in [1.54, 1.807) is 23.9 Å². The third-order valence-corrected chi connectivity index (χ3v) is 3.16. The Labute approximate surface area is 105 Å². The van der Waals surface area contributed by atoms with Gasteiger partial charge in [0.25, 0.3) is 0 Å². The molecule has 1 aromatic heterocycles. The minimum Gasteiger partial charge on any atom is -0.507 e. The number of rotatable bonds is 1. The first-order valence-electron chi connectivity index (χ1n) is 5.20. The first-order valence-corrected chi connectivity index (χ1v) is 5.58. The molecule has 0 amide bonds. The Morgan fingerprint density at radius 3 is 2.53 bits per heavy atom. The van der Waals surface area contributed by atoms with Gasteiger partial charge in [-0.1, -0.05) is 11.6 Å². The van der Waals surface area contributed by atoms with Gasteiger partial charge in [-0.15, -0.1) is 0 Å². The van der Waals surface area contributed by atoms with Crippen molar-refractivity contribution in [2.24, 2.45) is 7.05 Å². The maximum absolute atomic E-state index is 9.92. The van der Waals surface area contributed by atoms with E-state index in [0.29, 0.717) is 22.1 Å². The van der Waals surface area contributed by atoms with Gasteiger partial charge in [0.05, 0.1) is 10.7 Å². The molecule has 0 aliphatic heterocycles. The molecule has 0 fully saturated rings. The zero-order chi connectivity index (χ0) is 12.7. The molecule has 2 rings (SSSR count). The molecule has 0 spiro atoms. The van der Waals surface area contributed by atoms with Crippen molar-refractivity contribution in [3.63, 3.8) is 0 Å². The van der Waals surface area contributed by atoms with Gasteiger partial charge in [-0.2, -0.15) is 5.10 Å². The highest BCUT2D eigenvalue weighted by Crippen LogP contribution is 2.37. The zero-order valence-electron chi connectivity index (χ0n) is 9.95. The minimum absolute atomic E-state index is 0.244. The first-order chi connectivity index (χ1) is 7.91. The summed E-state index contributed by atoms with van der Waals surface area (Å²) in [6.07, 6.45) is 0. The highest BCUT2D eigenvalue weighted by molar-refractivity contribution is 6.33. The van der Waals surface area contributed by atoms with Crippen LogP contribution in [0.2, 0.25) is 5.02 Å². The molecule has 0 bridgehead atoms. The number of benzene rings is 1. The number of aromatic hydroxyl groups is 1. The Bertz CT molecular complexity index is 570. The van der Waals surface area contributed by atoms with Gasteiger partial charge in [0.2, 0.25) is 0 Å². The SMILES string of the molecule is Cc1cc(Cl)c(-c2cc(N)n(C)n2)c(C)c1O. The zero-order valence-corrected chi connectivity index (χ0v) is 10.7. The van der Waals surface area contributed by atoms with E-state index in [1.165, 1.54) is 0 Å². The molecule has 4 nitrogen and oxygen atoms in total. The van der Waals surface area contributed by atoms with E-state index in [1.807, 2.05) is 13.8 Å². The van der Waals surface area contributed by atoms with E-state index in [-0.39, 0.29) is 5.75 Å². The number of anilines is 1. The van der Waals surface area contributed by atoms with Gasteiger partial charge in [0.15, 0.2) is 0 Å². The molecule has 0 atom stereocenters. The van der Waals surface area contributed by atoms with E-state index in [9.17, 15) is 5.11 Å². The lowest BCUT2D eigenvalue weighted by atomic mass is 10.0. The number of aryl methyl sites for hydroxylation is 2. The van der Waals surface area contributed by atoms with Crippen molar-refractivity contribution in [3.8, 4) is 17.0 Å². The lowest BCUT2D eigenvalue weighted by molar-refractivity contribution is 0.467. The molecule has 1 aromatic carbocycles. The highest BCUT2D eigenvalue weighted by Gasteiger charge is 2.16. The summed E-state index contributed by atoms with van der Waals surface area (Å²) >= 11 is 6.20. The van der Waals surface area contributed by atoms with Gasteiger partial charge < -0.3 is 10.8 Å². The average Bonchev–Trinajstić information content (AvgIpc) is 2.56. The quantitative estimate of drug-likeness (QED) is 0.819. The van der Waals surface area contributed by atoms with Gasteiger partial charge in [-0.05, 0) is 25.5 Å². The summed E-state index contributed by atoms with van der Waals surface area (Å²) in [7, 11) is 1.76. The number of phenolic OH excluding ortho intramolecular Hbond substituents is 1. The molecule has 0 unspecified atom stereocenters. The molecule has 0 saturated carbocycles.